The van der Waals surface area contributed by atoms with Gasteiger partial charge in [0.1, 0.15) is 18.0 Å². The summed E-state index contributed by atoms with van der Waals surface area (Å²) in [5.41, 5.74) is 2.53. The number of H-pyrrole nitrogens is 1. The number of nitro groups is 1. The smallest absolute Gasteiger partial charge is 0.283 e. The molecule has 1 amide bonds. The quantitative estimate of drug-likeness (QED) is 0.266. The number of nitro benzene ring substituents is 1. The van der Waals surface area contributed by atoms with Crippen molar-refractivity contribution in [2.75, 3.05) is 5.32 Å². The maximum Gasteiger partial charge on any atom is 0.283 e. The molecule has 2 aromatic carbocycles. The third kappa shape index (κ3) is 4.89. The Kier molecular flexibility index (Phi) is 6.24. The molecule has 0 atom stereocenters. The lowest BCUT2D eigenvalue weighted by Gasteiger charge is -2.08. The van der Waals surface area contributed by atoms with E-state index in [2.05, 4.69) is 20.5 Å². The molecule has 10 heteroatoms. The first-order valence-corrected chi connectivity index (χ1v) is 9.51. The minimum atomic E-state index is -0.591. The zero-order valence-corrected chi connectivity index (χ0v) is 16.9. The predicted molar refractivity (Wildman–Crippen MR) is 112 cm³/mol. The number of carbonyl (C=O) groups excluding carboxylic acids is 1. The number of nitrogens with zero attached hydrogens (tertiary/aromatic N) is 4. The Balaban J connectivity index is 1.87. The molecule has 0 unspecified atom stereocenters. The molecular formula is C20H16N6O3S. The molecule has 0 aliphatic heterocycles. The van der Waals surface area contributed by atoms with Crippen LogP contribution >= 0.6 is 11.8 Å². The van der Waals surface area contributed by atoms with Gasteiger partial charge in [-0.2, -0.15) is 10.4 Å². The van der Waals surface area contributed by atoms with Crippen molar-refractivity contribution in [3.63, 3.8) is 0 Å². The number of nitrogens with one attached hydrogen (secondary N) is 2. The maximum atomic E-state index is 12.5. The number of hydrogen-bond acceptors (Lipinski definition) is 7. The molecular weight excluding hydrogens is 404 g/mol. The molecule has 0 saturated heterocycles. The van der Waals surface area contributed by atoms with Gasteiger partial charge in [-0.3, -0.25) is 20.0 Å². The largest absolute Gasteiger partial charge is 0.321 e. The van der Waals surface area contributed by atoms with Crippen LogP contribution in [0.5, 0.6) is 0 Å². The highest BCUT2D eigenvalue weighted by molar-refractivity contribution is 7.99. The summed E-state index contributed by atoms with van der Waals surface area (Å²) in [5.74, 6) is -0.591. The van der Waals surface area contributed by atoms with E-state index in [1.807, 2.05) is 32.0 Å². The Hall–Kier alpha value is -3.97. The zero-order valence-electron chi connectivity index (χ0n) is 16.0. The molecule has 2 N–H and O–H groups in total. The SMILES string of the molecule is Cc1ccc(NC(=O)/C(C#N)=C/c2ccc(Sc3ncn[nH]3)c([N+](=O)[O-])c2)c(C)c1. The van der Waals surface area contributed by atoms with Crippen molar-refractivity contribution in [3.05, 3.63) is 75.1 Å². The van der Waals surface area contributed by atoms with E-state index in [-0.39, 0.29) is 11.3 Å². The highest BCUT2D eigenvalue weighted by atomic mass is 32.2. The molecule has 0 bridgehead atoms. The lowest BCUT2D eigenvalue weighted by molar-refractivity contribution is -0.387. The zero-order chi connectivity index (χ0) is 21.7. The van der Waals surface area contributed by atoms with Gasteiger partial charge in [0.15, 0.2) is 5.16 Å². The Morgan fingerprint density at radius 3 is 2.73 bits per heavy atom. The van der Waals surface area contributed by atoms with Gasteiger partial charge in [0.05, 0.1) is 9.82 Å². The number of nitriles is 1. The summed E-state index contributed by atoms with van der Waals surface area (Å²) in [6, 6.07) is 11.8. The van der Waals surface area contributed by atoms with E-state index in [0.29, 0.717) is 21.3 Å². The number of carbonyl (C=O) groups is 1. The molecule has 0 radical (unpaired) electrons. The van der Waals surface area contributed by atoms with Crippen molar-refractivity contribution < 1.29 is 9.72 Å². The molecule has 0 aliphatic rings. The van der Waals surface area contributed by atoms with Crippen LogP contribution in [0, 0.1) is 35.3 Å². The van der Waals surface area contributed by atoms with Crippen LogP contribution in [0.25, 0.3) is 6.08 Å². The van der Waals surface area contributed by atoms with Gasteiger partial charge in [0, 0.05) is 11.8 Å². The highest BCUT2D eigenvalue weighted by Gasteiger charge is 2.18. The standard InChI is InChI=1S/C20H16N6O3S/c1-12-3-5-16(13(2)7-12)24-19(27)15(10-21)8-14-4-6-18(17(9-14)26(28)29)30-20-22-11-23-25-20/h3-9,11H,1-2H3,(H,24,27)(H,22,23,25)/b15-8+. The second-order valence-corrected chi connectivity index (χ2v) is 7.35. The number of anilines is 1. The molecule has 0 fully saturated rings. The van der Waals surface area contributed by atoms with E-state index in [0.717, 1.165) is 22.9 Å². The Bertz CT molecular complexity index is 1180. The monoisotopic (exact) mass is 420 g/mol. The molecule has 30 heavy (non-hydrogen) atoms. The summed E-state index contributed by atoms with van der Waals surface area (Å²) in [6.07, 6.45) is 2.62. The summed E-state index contributed by atoms with van der Waals surface area (Å²) in [6.45, 7) is 3.79. The van der Waals surface area contributed by atoms with E-state index in [4.69, 9.17) is 0 Å². The maximum absolute atomic E-state index is 12.5. The van der Waals surface area contributed by atoms with Gasteiger partial charge >= 0.3 is 0 Å². The van der Waals surface area contributed by atoms with E-state index < -0.39 is 10.8 Å². The van der Waals surface area contributed by atoms with Crippen molar-refractivity contribution in [1.82, 2.24) is 15.2 Å². The molecule has 1 aromatic heterocycles. The van der Waals surface area contributed by atoms with Crippen LogP contribution in [-0.2, 0) is 4.79 Å². The second kappa shape index (κ2) is 9.02. The lowest BCUT2D eigenvalue weighted by Crippen LogP contribution is -2.14. The van der Waals surface area contributed by atoms with Gasteiger partial charge in [-0.15, -0.1) is 0 Å². The molecule has 3 aromatic rings. The average Bonchev–Trinajstić information content (AvgIpc) is 3.22. The van der Waals surface area contributed by atoms with Gasteiger partial charge in [0.25, 0.3) is 11.6 Å². The van der Waals surface area contributed by atoms with Gasteiger partial charge < -0.3 is 5.32 Å². The van der Waals surface area contributed by atoms with Crippen LogP contribution < -0.4 is 5.32 Å². The van der Waals surface area contributed by atoms with Gasteiger partial charge in [-0.05, 0) is 54.9 Å². The predicted octanol–water partition coefficient (Wildman–Crippen LogP) is 4.03. The molecule has 9 nitrogen and oxygen atoms in total. The van der Waals surface area contributed by atoms with Crippen molar-refractivity contribution in [2.24, 2.45) is 0 Å². The fourth-order valence-corrected chi connectivity index (χ4v) is 3.44. The van der Waals surface area contributed by atoms with Crippen molar-refractivity contribution in [2.45, 2.75) is 23.9 Å². The number of aromatic amines is 1. The van der Waals surface area contributed by atoms with E-state index in [1.54, 1.807) is 12.1 Å². The van der Waals surface area contributed by atoms with Crippen LogP contribution in [0.15, 0.2) is 58.4 Å². The normalized spacial score (nSPS) is 11.0. The molecule has 3 rings (SSSR count). The van der Waals surface area contributed by atoms with Crippen molar-refractivity contribution in [3.8, 4) is 6.07 Å². The number of aromatic nitrogens is 3. The molecule has 1 heterocycles. The first kappa shape index (κ1) is 20.8. The van der Waals surface area contributed by atoms with Gasteiger partial charge in [-0.1, -0.05) is 23.8 Å². The Morgan fingerprint density at radius 2 is 2.10 bits per heavy atom. The van der Waals surface area contributed by atoms with E-state index in [9.17, 15) is 20.2 Å². The van der Waals surface area contributed by atoms with Crippen LogP contribution in [0.2, 0.25) is 0 Å². The first-order chi connectivity index (χ1) is 14.4. The third-order valence-corrected chi connectivity index (χ3v) is 5.04. The van der Waals surface area contributed by atoms with E-state index in [1.165, 1.54) is 24.5 Å². The average molecular weight is 420 g/mol. The number of benzene rings is 2. The van der Waals surface area contributed by atoms with Crippen LogP contribution in [0.1, 0.15) is 16.7 Å². The fourth-order valence-electron chi connectivity index (χ4n) is 2.66. The minimum Gasteiger partial charge on any atom is -0.321 e. The molecule has 0 saturated carbocycles. The van der Waals surface area contributed by atoms with Crippen LogP contribution in [-0.4, -0.2) is 26.0 Å². The second-order valence-electron chi connectivity index (χ2n) is 6.32. The van der Waals surface area contributed by atoms with Gasteiger partial charge in [-0.25, -0.2) is 4.98 Å². The summed E-state index contributed by atoms with van der Waals surface area (Å²) in [5, 5.41) is 30.3. The summed E-state index contributed by atoms with van der Waals surface area (Å²) in [7, 11) is 0. The first-order valence-electron chi connectivity index (χ1n) is 8.69. The topological polar surface area (TPSA) is 138 Å². The van der Waals surface area contributed by atoms with E-state index >= 15 is 0 Å². The third-order valence-electron chi connectivity index (χ3n) is 4.09. The van der Waals surface area contributed by atoms with Gasteiger partial charge in [0.2, 0.25) is 0 Å². The van der Waals surface area contributed by atoms with Crippen molar-refractivity contribution >= 4 is 35.1 Å². The lowest BCUT2D eigenvalue weighted by atomic mass is 10.1. The minimum absolute atomic E-state index is 0.167. The summed E-state index contributed by atoms with van der Waals surface area (Å²) < 4.78 is 0. The summed E-state index contributed by atoms with van der Waals surface area (Å²) >= 11 is 1.06. The number of rotatable bonds is 6. The Morgan fingerprint density at radius 1 is 1.30 bits per heavy atom. The number of hydrogen-bond donors (Lipinski definition) is 2. The molecule has 150 valence electrons. The fraction of sp³-hybridized carbons (Fsp3) is 0.100. The number of aryl methyl sites for hydroxylation is 2. The molecule has 0 spiro atoms. The van der Waals surface area contributed by atoms with Crippen LogP contribution in [0.3, 0.4) is 0 Å². The van der Waals surface area contributed by atoms with Crippen molar-refractivity contribution in [1.29, 1.82) is 5.26 Å². The Labute approximate surface area is 176 Å². The number of amides is 1. The van der Waals surface area contributed by atoms with Crippen LogP contribution in [0.4, 0.5) is 11.4 Å². The summed E-state index contributed by atoms with van der Waals surface area (Å²) in [4.78, 5) is 27.8. The highest BCUT2D eigenvalue weighted by Crippen LogP contribution is 2.34. The molecule has 0 aliphatic carbocycles.